The molecule has 2 saturated heterocycles. The lowest BCUT2D eigenvalue weighted by atomic mass is 9.92. The second-order valence-corrected chi connectivity index (χ2v) is 3.64. The van der Waals surface area contributed by atoms with Crippen LogP contribution in [0.2, 0.25) is 0 Å². The molecule has 2 aliphatic heterocycles. The summed E-state index contributed by atoms with van der Waals surface area (Å²) in [5, 5.41) is 2.97. The van der Waals surface area contributed by atoms with Gasteiger partial charge in [0.2, 0.25) is 5.91 Å². The maximum atomic E-state index is 11.0. The maximum absolute atomic E-state index is 11.0. The van der Waals surface area contributed by atoms with Crippen molar-refractivity contribution in [3.8, 4) is 0 Å². The van der Waals surface area contributed by atoms with Crippen molar-refractivity contribution >= 4 is 5.91 Å². The van der Waals surface area contributed by atoms with Crippen LogP contribution in [0.1, 0.15) is 12.8 Å². The van der Waals surface area contributed by atoms with E-state index in [1.165, 1.54) is 0 Å². The van der Waals surface area contributed by atoms with Crippen molar-refractivity contribution in [3.05, 3.63) is 0 Å². The van der Waals surface area contributed by atoms with Crippen molar-refractivity contribution in [1.29, 1.82) is 0 Å². The number of amides is 1. The van der Waals surface area contributed by atoms with Crippen LogP contribution in [-0.4, -0.2) is 38.4 Å². The normalized spacial score (nSPS) is 31.4. The van der Waals surface area contributed by atoms with Gasteiger partial charge in [-0.05, 0) is 18.8 Å². The quantitative estimate of drug-likeness (QED) is 0.622. The minimum atomic E-state index is 0.0164. The Kier molecular flexibility index (Phi) is 2.80. The van der Waals surface area contributed by atoms with Crippen LogP contribution < -0.4 is 5.32 Å². The van der Waals surface area contributed by atoms with Gasteiger partial charge >= 0.3 is 0 Å². The predicted molar refractivity (Wildman–Crippen MR) is 46.3 cm³/mol. The fourth-order valence-corrected chi connectivity index (χ4v) is 1.94. The average molecular weight is 185 g/mol. The molecule has 0 radical (unpaired) electrons. The van der Waals surface area contributed by atoms with Gasteiger partial charge in [-0.25, -0.2) is 0 Å². The van der Waals surface area contributed by atoms with Crippen LogP contribution >= 0.6 is 0 Å². The SMILES string of the molecule is O=C1COC[C@H](C2CCOCC2)N1. The van der Waals surface area contributed by atoms with Crippen molar-refractivity contribution in [3.63, 3.8) is 0 Å². The predicted octanol–water partition coefficient (Wildman–Crippen LogP) is -0.0720. The smallest absolute Gasteiger partial charge is 0.246 e. The molecular formula is C9H15NO3. The van der Waals surface area contributed by atoms with E-state index in [0.717, 1.165) is 26.1 Å². The van der Waals surface area contributed by atoms with E-state index >= 15 is 0 Å². The summed E-state index contributed by atoms with van der Waals surface area (Å²) in [5.41, 5.74) is 0. The third kappa shape index (κ3) is 2.19. The number of carbonyl (C=O) groups excluding carboxylic acids is 1. The molecule has 2 rings (SSSR count). The number of carbonyl (C=O) groups is 1. The lowest BCUT2D eigenvalue weighted by Crippen LogP contribution is -2.50. The Morgan fingerprint density at radius 2 is 2.00 bits per heavy atom. The highest BCUT2D eigenvalue weighted by Gasteiger charge is 2.28. The van der Waals surface area contributed by atoms with Crippen molar-refractivity contribution < 1.29 is 14.3 Å². The molecule has 0 aromatic carbocycles. The van der Waals surface area contributed by atoms with Crippen LogP contribution in [0.4, 0.5) is 0 Å². The summed E-state index contributed by atoms with van der Waals surface area (Å²) in [6, 6.07) is 0.213. The highest BCUT2D eigenvalue weighted by Crippen LogP contribution is 2.20. The molecule has 1 N–H and O–H groups in total. The van der Waals surface area contributed by atoms with Gasteiger partial charge in [-0.2, -0.15) is 0 Å². The van der Waals surface area contributed by atoms with Crippen molar-refractivity contribution in [1.82, 2.24) is 5.32 Å². The molecule has 1 atom stereocenters. The molecule has 0 saturated carbocycles. The fourth-order valence-electron chi connectivity index (χ4n) is 1.94. The Labute approximate surface area is 77.6 Å². The molecule has 2 aliphatic rings. The molecule has 2 fully saturated rings. The molecule has 13 heavy (non-hydrogen) atoms. The first-order valence-electron chi connectivity index (χ1n) is 4.81. The van der Waals surface area contributed by atoms with E-state index in [-0.39, 0.29) is 18.6 Å². The zero-order chi connectivity index (χ0) is 9.10. The molecular weight excluding hydrogens is 170 g/mol. The second kappa shape index (κ2) is 4.07. The van der Waals surface area contributed by atoms with Crippen LogP contribution in [-0.2, 0) is 14.3 Å². The fraction of sp³-hybridized carbons (Fsp3) is 0.889. The topological polar surface area (TPSA) is 47.6 Å². The van der Waals surface area contributed by atoms with Gasteiger partial charge in [0.15, 0.2) is 0 Å². The van der Waals surface area contributed by atoms with E-state index in [2.05, 4.69) is 5.32 Å². The lowest BCUT2D eigenvalue weighted by Gasteiger charge is -2.33. The van der Waals surface area contributed by atoms with E-state index < -0.39 is 0 Å². The first-order valence-corrected chi connectivity index (χ1v) is 4.81. The number of rotatable bonds is 1. The average Bonchev–Trinajstić information content (AvgIpc) is 2.19. The molecule has 0 aliphatic carbocycles. The van der Waals surface area contributed by atoms with E-state index in [4.69, 9.17) is 9.47 Å². The Bertz CT molecular complexity index is 189. The van der Waals surface area contributed by atoms with E-state index in [1.54, 1.807) is 0 Å². The van der Waals surface area contributed by atoms with E-state index in [9.17, 15) is 4.79 Å². The lowest BCUT2D eigenvalue weighted by molar-refractivity contribution is -0.133. The summed E-state index contributed by atoms with van der Waals surface area (Å²) < 4.78 is 10.5. The van der Waals surface area contributed by atoms with Gasteiger partial charge in [-0.3, -0.25) is 4.79 Å². The Balaban J connectivity index is 1.87. The number of ether oxygens (including phenoxy) is 2. The molecule has 2 heterocycles. The molecule has 74 valence electrons. The maximum Gasteiger partial charge on any atom is 0.246 e. The molecule has 4 heteroatoms. The Morgan fingerprint density at radius 1 is 1.23 bits per heavy atom. The molecule has 0 bridgehead atoms. The number of hydrogen-bond acceptors (Lipinski definition) is 3. The Hall–Kier alpha value is -0.610. The van der Waals surface area contributed by atoms with Crippen molar-refractivity contribution in [2.75, 3.05) is 26.4 Å². The molecule has 4 nitrogen and oxygen atoms in total. The first kappa shape index (κ1) is 8.97. The summed E-state index contributed by atoms with van der Waals surface area (Å²) in [6.07, 6.45) is 2.07. The Morgan fingerprint density at radius 3 is 2.69 bits per heavy atom. The van der Waals surface area contributed by atoms with Crippen molar-refractivity contribution in [2.24, 2.45) is 5.92 Å². The van der Waals surface area contributed by atoms with Crippen LogP contribution in [0, 0.1) is 5.92 Å². The molecule has 0 aromatic rings. The van der Waals surface area contributed by atoms with Crippen LogP contribution in [0.15, 0.2) is 0 Å². The van der Waals surface area contributed by atoms with E-state index in [1.807, 2.05) is 0 Å². The number of hydrogen-bond donors (Lipinski definition) is 1. The summed E-state index contributed by atoms with van der Waals surface area (Å²) >= 11 is 0. The van der Waals surface area contributed by atoms with Gasteiger partial charge in [-0.15, -0.1) is 0 Å². The largest absolute Gasteiger partial charge is 0.381 e. The minimum absolute atomic E-state index is 0.0164. The zero-order valence-corrected chi connectivity index (χ0v) is 7.62. The van der Waals surface area contributed by atoms with E-state index in [0.29, 0.717) is 12.5 Å². The standard InChI is InChI=1S/C9H15NO3/c11-9-6-13-5-8(10-9)7-1-3-12-4-2-7/h7-8H,1-6H2,(H,10,11)/t8-/m1/s1. The minimum Gasteiger partial charge on any atom is -0.381 e. The van der Waals surface area contributed by atoms with Crippen molar-refractivity contribution in [2.45, 2.75) is 18.9 Å². The highest BCUT2D eigenvalue weighted by molar-refractivity contribution is 5.78. The van der Waals surface area contributed by atoms with Gasteiger partial charge in [0, 0.05) is 13.2 Å². The van der Waals surface area contributed by atoms with Gasteiger partial charge in [-0.1, -0.05) is 0 Å². The molecule has 0 aromatic heterocycles. The summed E-state index contributed by atoms with van der Waals surface area (Å²) in [5.74, 6) is 0.556. The highest BCUT2D eigenvalue weighted by atomic mass is 16.5. The van der Waals surface area contributed by atoms with Gasteiger partial charge < -0.3 is 14.8 Å². The van der Waals surface area contributed by atoms with Gasteiger partial charge in [0.05, 0.1) is 12.6 Å². The van der Waals surface area contributed by atoms with Gasteiger partial charge in [0.1, 0.15) is 6.61 Å². The van der Waals surface area contributed by atoms with Gasteiger partial charge in [0.25, 0.3) is 0 Å². The summed E-state index contributed by atoms with van der Waals surface area (Å²) in [7, 11) is 0. The molecule has 1 amide bonds. The first-order chi connectivity index (χ1) is 6.36. The second-order valence-electron chi connectivity index (χ2n) is 3.64. The third-order valence-corrected chi connectivity index (χ3v) is 2.71. The molecule has 0 spiro atoms. The molecule has 0 unspecified atom stereocenters. The van der Waals surface area contributed by atoms with Crippen LogP contribution in [0.3, 0.4) is 0 Å². The zero-order valence-electron chi connectivity index (χ0n) is 7.62. The number of morpholine rings is 1. The van der Waals surface area contributed by atoms with Crippen LogP contribution in [0.25, 0.3) is 0 Å². The summed E-state index contributed by atoms with van der Waals surface area (Å²) in [6.45, 7) is 2.52. The monoisotopic (exact) mass is 185 g/mol. The summed E-state index contributed by atoms with van der Waals surface area (Å²) in [4.78, 5) is 11.0. The van der Waals surface area contributed by atoms with Crippen LogP contribution in [0.5, 0.6) is 0 Å². The number of nitrogens with one attached hydrogen (secondary N) is 1. The third-order valence-electron chi connectivity index (χ3n) is 2.71.